The van der Waals surface area contributed by atoms with Crippen LogP contribution in [0.2, 0.25) is 51.9 Å². The summed E-state index contributed by atoms with van der Waals surface area (Å²) in [7, 11) is -9.60. The van der Waals surface area contributed by atoms with E-state index in [1.54, 1.807) is 26.0 Å². The van der Waals surface area contributed by atoms with Gasteiger partial charge in [-0.3, -0.25) is 9.59 Å². The van der Waals surface area contributed by atoms with Crippen LogP contribution in [-0.4, -0.2) is 94.8 Å². The first kappa shape index (κ1) is 64.6. The Hall–Kier alpha value is -3.37. The minimum atomic E-state index is -2.54. The van der Waals surface area contributed by atoms with Crippen molar-refractivity contribution in [1.29, 1.82) is 0 Å². The van der Waals surface area contributed by atoms with E-state index < -0.39 is 51.7 Å². The van der Waals surface area contributed by atoms with Gasteiger partial charge in [-0.15, -0.1) is 0 Å². The Balaban J connectivity index is 0.000000541. The molecule has 0 aromatic heterocycles. The fourth-order valence-corrected chi connectivity index (χ4v) is 28.5. The second-order valence-corrected chi connectivity index (χ2v) is 36.4. The van der Waals surface area contributed by atoms with Gasteiger partial charge in [-0.2, -0.15) is 0 Å². The van der Waals surface area contributed by atoms with Gasteiger partial charge >= 0.3 is 58.1 Å². The number of cyclic esters (lactones) is 1. The van der Waals surface area contributed by atoms with E-state index in [1.165, 1.54) is 11.1 Å². The quantitative estimate of drug-likeness (QED) is 0.0728. The number of rotatable bonds is 16. The molecule has 2 aromatic rings. The highest BCUT2D eigenvalue weighted by atomic mass is 28.5. The van der Waals surface area contributed by atoms with E-state index >= 15 is 0 Å². The Bertz CT molecular complexity index is 1890. The Morgan fingerprint density at radius 3 is 1.54 bits per heavy atom. The zero-order chi connectivity index (χ0) is 53.9. The van der Waals surface area contributed by atoms with Crippen molar-refractivity contribution in [1.82, 2.24) is 0 Å². The van der Waals surface area contributed by atoms with Gasteiger partial charge in [0.15, 0.2) is 6.61 Å². The maximum atomic E-state index is 12.1. The molecule has 18 heteroatoms. The minimum Gasteiger partial charge on any atom is -0.508 e. The van der Waals surface area contributed by atoms with Crippen LogP contribution in [0.5, 0.6) is 11.5 Å². The van der Waals surface area contributed by atoms with Crippen LogP contribution in [0.15, 0.2) is 48.5 Å². The fourth-order valence-electron chi connectivity index (χ4n) is 6.92. The van der Waals surface area contributed by atoms with E-state index in [1.807, 2.05) is 111 Å². The molecule has 0 amide bonds. The van der Waals surface area contributed by atoms with E-state index in [2.05, 4.69) is 47.3 Å². The van der Waals surface area contributed by atoms with Crippen molar-refractivity contribution >= 4 is 58.1 Å². The molecule has 0 aliphatic carbocycles. The number of hydrogen-bond donors (Lipinski definition) is 1. The van der Waals surface area contributed by atoms with Crippen LogP contribution in [0.3, 0.4) is 0 Å². The van der Waals surface area contributed by atoms with E-state index in [4.69, 9.17) is 45.3 Å². The molecule has 2 aliphatic rings. The number of carbonyl (C=O) groups excluding carboxylic acids is 4. The molecule has 1 N–H and O–H groups in total. The third kappa shape index (κ3) is 24.8. The lowest BCUT2D eigenvalue weighted by Crippen LogP contribution is -2.65. The Morgan fingerprint density at radius 2 is 1.13 bits per heavy atom. The summed E-state index contributed by atoms with van der Waals surface area (Å²) in [5, 5.41) is 9.01. The molecule has 2 heterocycles. The van der Waals surface area contributed by atoms with Gasteiger partial charge in [0.1, 0.15) is 17.1 Å². The van der Waals surface area contributed by atoms with Gasteiger partial charge in [0.05, 0.1) is 24.0 Å². The summed E-state index contributed by atoms with van der Waals surface area (Å²) in [6.45, 7) is 40.6. The Morgan fingerprint density at radius 1 is 0.686 bits per heavy atom. The Labute approximate surface area is 426 Å². The monoisotopic (exact) mass is 1050 g/mol. The molecule has 2 aromatic carbocycles. The summed E-state index contributed by atoms with van der Waals surface area (Å²) >= 11 is 0. The van der Waals surface area contributed by atoms with Crippen LogP contribution in [0.25, 0.3) is 0 Å². The molecule has 2 fully saturated rings. The van der Waals surface area contributed by atoms with Gasteiger partial charge in [-0.25, -0.2) is 9.59 Å². The highest BCUT2D eigenvalue weighted by molar-refractivity contribution is 6.93. The number of esters is 4. The van der Waals surface area contributed by atoms with Gasteiger partial charge < -0.3 is 45.3 Å². The first-order chi connectivity index (χ1) is 32.0. The van der Waals surface area contributed by atoms with Crippen LogP contribution in [0.1, 0.15) is 151 Å². The standard InChI is InChI=1S/C22H42O7Si4.C10H16O4.C10H20O2.C10H14O/c1-10-19(2)20-12-14-21(15-13-20)25-18-22(23)24-16-11-17-33(9)28-31(5,6)26-30(3,4)27-32(7,8)29-33;1-4-10(2,3)9(12)14-7-5-6-13-8(7)11;1-7-10(5,6)8(11)12-9(2,3)4;1-3-8(2)9-4-6-10(11)7-5-9/h12-15,19H,10-11,16-18H2,1-9H3;7H,4-6H2,1-3H3;7H2,1-6H3;4-8,11H,3H2,1-2H3. The van der Waals surface area contributed by atoms with E-state index in [0.29, 0.717) is 61.9 Å². The number of benzene rings is 2. The fraction of sp³-hybridized carbons (Fsp3) is 0.692. The van der Waals surface area contributed by atoms with Crippen molar-refractivity contribution in [3.8, 4) is 11.5 Å². The molecule has 0 spiro atoms. The molecule has 3 unspecified atom stereocenters. The van der Waals surface area contributed by atoms with E-state index in [0.717, 1.165) is 19.3 Å². The summed E-state index contributed by atoms with van der Waals surface area (Å²) in [6.07, 6.45) is 4.18. The first-order valence-corrected chi connectivity index (χ1v) is 36.1. The molecule has 14 nitrogen and oxygen atoms in total. The lowest BCUT2D eigenvalue weighted by molar-refractivity contribution is -0.167. The third-order valence-electron chi connectivity index (χ3n) is 11.8. The average molecular weight is 1050 g/mol. The van der Waals surface area contributed by atoms with Gasteiger partial charge in [0, 0.05) is 6.42 Å². The highest BCUT2D eigenvalue weighted by Crippen LogP contribution is 2.33. The summed E-state index contributed by atoms with van der Waals surface area (Å²) < 4.78 is 51.8. The number of aromatic hydroxyl groups is 1. The van der Waals surface area contributed by atoms with Crippen LogP contribution in [0, 0.1) is 10.8 Å². The summed E-state index contributed by atoms with van der Waals surface area (Å²) in [6, 6.07) is 16.0. The molecule has 70 heavy (non-hydrogen) atoms. The van der Waals surface area contributed by atoms with Crippen molar-refractivity contribution in [3.63, 3.8) is 0 Å². The number of ether oxygens (including phenoxy) is 5. The van der Waals surface area contributed by atoms with Crippen molar-refractivity contribution < 1.29 is 64.4 Å². The molecule has 4 rings (SSSR count). The minimum absolute atomic E-state index is 0.106. The van der Waals surface area contributed by atoms with E-state index in [9.17, 15) is 19.2 Å². The molecule has 400 valence electrons. The third-order valence-corrected chi connectivity index (χ3v) is 28.4. The number of phenolic OH excluding ortho intramolecular Hbond substituents is 1. The molecular weight excluding hydrogens is 961 g/mol. The maximum Gasteiger partial charge on any atom is 0.347 e. The average Bonchev–Trinajstić information content (AvgIpc) is 3.65. The van der Waals surface area contributed by atoms with Gasteiger partial charge in [-0.05, 0) is 180 Å². The normalized spacial score (nSPS) is 19.0. The Kier molecular flexibility index (Phi) is 26.0. The summed E-state index contributed by atoms with van der Waals surface area (Å²) in [4.78, 5) is 46.2. The van der Waals surface area contributed by atoms with E-state index in [-0.39, 0.29) is 35.5 Å². The van der Waals surface area contributed by atoms with Crippen LogP contribution in [0.4, 0.5) is 0 Å². The number of carbonyl (C=O) groups is 4. The maximum absolute atomic E-state index is 12.1. The number of phenols is 1. The van der Waals surface area contributed by atoms with Crippen molar-refractivity contribution in [2.75, 3.05) is 19.8 Å². The van der Waals surface area contributed by atoms with Crippen molar-refractivity contribution in [2.45, 2.75) is 204 Å². The highest BCUT2D eigenvalue weighted by Gasteiger charge is 2.52. The SMILES string of the molecule is CCC(C)(C)C(=O)OC(C)(C)C.CCC(C)(C)C(=O)OC1CCOC1=O.CCC(C)c1ccc(O)cc1.CCC(C)c1ccc(OCC(=O)OCCC[Si]2(C)O[Si](C)(C)O[Si](C)(C)O[Si](C)(C)O2)cc1. The van der Waals surface area contributed by atoms with Crippen LogP contribution in [-0.2, 0) is 54.6 Å². The largest absolute Gasteiger partial charge is 0.508 e. The van der Waals surface area contributed by atoms with Crippen LogP contribution < -0.4 is 4.74 Å². The molecule has 0 saturated carbocycles. The topological polar surface area (TPSA) is 172 Å². The van der Waals surface area contributed by atoms with Gasteiger partial charge in [-0.1, -0.05) is 65.8 Å². The van der Waals surface area contributed by atoms with Gasteiger partial charge in [0.2, 0.25) is 6.10 Å². The zero-order valence-corrected chi connectivity index (χ0v) is 50.7. The molecule has 0 bridgehead atoms. The summed E-state index contributed by atoms with van der Waals surface area (Å²) in [5.41, 5.74) is 1.31. The predicted molar refractivity (Wildman–Crippen MR) is 286 cm³/mol. The first-order valence-electron chi connectivity index (χ1n) is 25.1. The molecule has 2 saturated heterocycles. The molecule has 3 atom stereocenters. The molecule has 2 aliphatic heterocycles. The predicted octanol–water partition coefficient (Wildman–Crippen LogP) is 12.7. The van der Waals surface area contributed by atoms with Crippen LogP contribution >= 0.6 is 0 Å². The second kappa shape index (κ2) is 28.2. The molecular formula is C52H92O14Si4. The number of hydrogen-bond acceptors (Lipinski definition) is 14. The second-order valence-electron chi connectivity index (χ2n) is 22.0. The van der Waals surface area contributed by atoms with Gasteiger partial charge in [0.25, 0.3) is 0 Å². The summed E-state index contributed by atoms with van der Waals surface area (Å²) in [5.74, 6) is 0.866. The smallest absolute Gasteiger partial charge is 0.347 e. The van der Waals surface area contributed by atoms with Crippen molar-refractivity contribution in [3.05, 3.63) is 59.7 Å². The lowest BCUT2D eigenvalue weighted by Gasteiger charge is -2.47. The lowest BCUT2D eigenvalue weighted by atomic mass is 9.90. The van der Waals surface area contributed by atoms with Crippen molar-refractivity contribution in [2.24, 2.45) is 10.8 Å². The zero-order valence-electron chi connectivity index (χ0n) is 46.7. The molecule has 0 radical (unpaired) electrons.